The van der Waals surface area contributed by atoms with E-state index >= 15 is 0 Å². The lowest BCUT2D eigenvalue weighted by Crippen LogP contribution is -2.41. The molecule has 4 unspecified atom stereocenters. The average Bonchev–Trinajstić information content (AvgIpc) is 2.73. The number of hydrogen-bond donors (Lipinski definition) is 2. The molecule has 112 valence electrons. The molecule has 2 N–H and O–H groups in total. The van der Waals surface area contributed by atoms with Gasteiger partial charge in [-0.2, -0.15) is 0 Å². The third kappa shape index (κ3) is 5.83. The van der Waals surface area contributed by atoms with E-state index in [0.29, 0.717) is 6.04 Å². The Hall–Kier alpha value is -0.0800. The Kier molecular flexibility index (Phi) is 6.66. The Morgan fingerprint density at radius 3 is 2.79 bits per heavy atom. The van der Waals surface area contributed by atoms with Crippen LogP contribution in [0.1, 0.15) is 78.1 Å². The van der Waals surface area contributed by atoms with Gasteiger partial charge in [0, 0.05) is 18.1 Å². The molecule has 0 aromatic rings. The predicted molar refractivity (Wildman–Crippen MR) is 83.5 cm³/mol. The molecule has 0 aromatic heterocycles. The second-order valence-corrected chi connectivity index (χ2v) is 7.11. The molecule has 2 aliphatic rings. The van der Waals surface area contributed by atoms with Crippen LogP contribution in [0.15, 0.2) is 0 Å². The summed E-state index contributed by atoms with van der Waals surface area (Å²) in [6.45, 7) is 6.04. The topological polar surface area (TPSA) is 24.1 Å². The summed E-state index contributed by atoms with van der Waals surface area (Å²) in [7, 11) is 0. The van der Waals surface area contributed by atoms with E-state index in [-0.39, 0.29) is 0 Å². The highest BCUT2D eigenvalue weighted by Gasteiger charge is 2.20. The minimum Gasteiger partial charge on any atom is -0.314 e. The summed E-state index contributed by atoms with van der Waals surface area (Å²) in [5, 5.41) is 7.64. The van der Waals surface area contributed by atoms with Crippen molar-refractivity contribution in [3.63, 3.8) is 0 Å². The van der Waals surface area contributed by atoms with Gasteiger partial charge in [0.05, 0.1) is 0 Å². The van der Waals surface area contributed by atoms with Crippen molar-refractivity contribution in [1.82, 2.24) is 10.6 Å². The molecule has 0 bridgehead atoms. The smallest absolute Gasteiger partial charge is 0.00817 e. The molecule has 1 aliphatic carbocycles. The highest BCUT2D eigenvalue weighted by molar-refractivity contribution is 4.80. The van der Waals surface area contributed by atoms with Crippen molar-refractivity contribution in [1.29, 1.82) is 0 Å². The molecule has 0 spiro atoms. The summed E-state index contributed by atoms with van der Waals surface area (Å²) in [4.78, 5) is 0. The molecule has 1 saturated heterocycles. The second-order valence-electron chi connectivity index (χ2n) is 7.11. The summed E-state index contributed by atoms with van der Waals surface area (Å²) in [5.74, 6) is 0.950. The van der Waals surface area contributed by atoms with Crippen LogP contribution in [-0.2, 0) is 0 Å². The van der Waals surface area contributed by atoms with Gasteiger partial charge in [-0.25, -0.2) is 0 Å². The van der Waals surface area contributed by atoms with Crippen LogP contribution >= 0.6 is 0 Å². The maximum absolute atomic E-state index is 3.91. The van der Waals surface area contributed by atoms with Crippen LogP contribution in [0.25, 0.3) is 0 Å². The van der Waals surface area contributed by atoms with Gasteiger partial charge in [-0.15, -0.1) is 0 Å². The van der Waals surface area contributed by atoms with E-state index in [0.717, 1.165) is 18.0 Å². The first-order valence-electron chi connectivity index (χ1n) is 8.73. The molecule has 0 aromatic carbocycles. The van der Waals surface area contributed by atoms with E-state index in [1.807, 2.05) is 0 Å². The van der Waals surface area contributed by atoms with Gasteiger partial charge in [-0.3, -0.25) is 0 Å². The summed E-state index contributed by atoms with van der Waals surface area (Å²) >= 11 is 0. The minimum absolute atomic E-state index is 0.675. The zero-order valence-corrected chi connectivity index (χ0v) is 13.1. The summed E-state index contributed by atoms with van der Waals surface area (Å²) in [6.07, 6.45) is 14.0. The molecule has 4 atom stereocenters. The first-order chi connectivity index (χ1) is 9.24. The Morgan fingerprint density at radius 1 is 1.00 bits per heavy atom. The largest absolute Gasteiger partial charge is 0.314 e. The first kappa shape index (κ1) is 15.3. The highest BCUT2D eigenvalue weighted by Crippen LogP contribution is 2.23. The Balaban J connectivity index is 1.69. The normalized spacial score (nSPS) is 35.4. The van der Waals surface area contributed by atoms with Crippen molar-refractivity contribution in [2.75, 3.05) is 6.54 Å². The SMILES string of the molecule is CC1CCCC(NC(C)CC2CCCCCN2)CC1. The summed E-state index contributed by atoms with van der Waals surface area (Å²) < 4.78 is 0. The van der Waals surface area contributed by atoms with Crippen molar-refractivity contribution in [2.45, 2.75) is 96.2 Å². The lowest BCUT2D eigenvalue weighted by Gasteiger charge is -2.26. The standard InChI is InChI=1S/C17H34N2/c1-14-7-6-9-16(11-10-14)19-15(2)13-17-8-4-3-5-12-18-17/h14-19H,3-13H2,1-2H3. The zero-order chi connectivity index (χ0) is 13.5. The Morgan fingerprint density at radius 2 is 1.89 bits per heavy atom. The van der Waals surface area contributed by atoms with E-state index in [2.05, 4.69) is 24.5 Å². The maximum atomic E-state index is 3.91. The van der Waals surface area contributed by atoms with Gasteiger partial charge >= 0.3 is 0 Å². The van der Waals surface area contributed by atoms with Gasteiger partial charge in [-0.1, -0.05) is 32.6 Å². The fourth-order valence-electron chi connectivity index (χ4n) is 3.85. The molecular formula is C17H34N2. The van der Waals surface area contributed by atoms with Gasteiger partial charge in [0.2, 0.25) is 0 Å². The van der Waals surface area contributed by atoms with Crippen molar-refractivity contribution in [3.8, 4) is 0 Å². The lowest BCUT2D eigenvalue weighted by atomic mass is 10.0. The van der Waals surface area contributed by atoms with Crippen molar-refractivity contribution >= 4 is 0 Å². The molecule has 1 aliphatic heterocycles. The van der Waals surface area contributed by atoms with Gasteiger partial charge in [0.15, 0.2) is 0 Å². The predicted octanol–water partition coefficient (Wildman–Crippen LogP) is 3.86. The van der Waals surface area contributed by atoms with Gasteiger partial charge in [0.25, 0.3) is 0 Å². The molecule has 2 fully saturated rings. The summed E-state index contributed by atoms with van der Waals surface area (Å²) in [5.41, 5.74) is 0. The molecule has 19 heavy (non-hydrogen) atoms. The maximum Gasteiger partial charge on any atom is 0.00817 e. The Labute approximate surface area is 120 Å². The second kappa shape index (κ2) is 8.26. The van der Waals surface area contributed by atoms with Crippen LogP contribution in [0.4, 0.5) is 0 Å². The fourth-order valence-corrected chi connectivity index (χ4v) is 3.85. The molecule has 1 saturated carbocycles. The molecule has 0 amide bonds. The average molecular weight is 266 g/mol. The van der Waals surface area contributed by atoms with Crippen LogP contribution < -0.4 is 10.6 Å². The van der Waals surface area contributed by atoms with Crippen molar-refractivity contribution in [3.05, 3.63) is 0 Å². The van der Waals surface area contributed by atoms with Crippen molar-refractivity contribution < 1.29 is 0 Å². The molecule has 0 radical (unpaired) electrons. The van der Waals surface area contributed by atoms with E-state index in [1.165, 1.54) is 70.8 Å². The fraction of sp³-hybridized carbons (Fsp3) is 1.00. The van der Waals surface area contributed by atoms with Gasteiger partial charge in [-0.05, 0) is 57.9 Å². The van der Waals surface area contributed by atoms with E-state index < -0.39 is 0 Å². The molecule has 2 heteroatoms. The molecule has 2 rings (SSSR count). The van der Waals surface area contributed by atoms with Gasteiger partial charge < -0.3 is 10.6 Å². The van der Waals surface area contributed by atoms with Gasteiger partial charge in [0.1, 0.15) is 0 Å². The monoisotopic (exact) mass is 266 g/mol. The van der Waals surface area contributed by atoms with Crippen LogP contribution in [0.3, 0.4) is 0 Å². The van der Waals surface area contributed by atoms with Crippen LogP contribution in [-0.4, -0.2) is 24.7 Å². The third-order valence-electron chi connectivity index (χ3n) is 5.08. The van der Waals surface area contributed by atoms with Crippen LogP contribution in [0, 0.1) is 5.92 Å². The number of hydrogen-bond acceptors (Lipinski definition) is 2. The molecular weight excluding hydrogens is 232 g/mol. The van der Waals surface area contributed by atoms with Crippen molar-refractivity contribution in [2.24, 2.45) is 5.92 Å². The number of nitrogens with one attached hydrogen (secondary N) is 2. The van der Waals surface area contributed by atoms with E-state index in [1.54, 1.807) is 0 Å². The van der Waals surface area contributed by atoms with Crippen LogP contribution in [0.5, 0.6) is 0 Å². The summed E-state index contributed by atoms with van der Waals surface area (Å²) in [6, 6.07) is 2.22. The minimum atomic E-state index is 0.675. The van der Waals surface area contributed by atoms with Crippen LogP contribution in [0.2, 0.25) is 0 Å². The Bertz CT molecular complexity index is 233. The van der Waals surface area contributed by atoms with E-state index in [9.17, 15) is 0 Å². The highest BCUT2D eigenvalue weighted by atomic mass is 15.0. The molecule has 1 heterocycles. The quantitative estimate of drug-likeness (QED) is 0.755. The lowest BCUT2D eigenvalue weighted by molar-refractivity contribution is 0.349. The first-order valence-corrected chi connectivity index (χ1v) is 8.73. The zero-order valence-electron chi connectivity index (χ0n) is 13.1. The van der Waals surface area contributed by atoms with E-state index in [4.69, 9.17) is 0 Å². The number of rotatable bonds is 4. The third-order valence-corrected chi connectivity index (χ3v) is 5.08. The molecule has 2 nitrogen and oxygen atoms in total.